The minimum atomic E-state index is 0.520. The average molecular weight is 443 g/mol. The zero-order valence-electron chi connectivity index (χ0n) is 15.8. The maximum Gasteiger partial charge on any atom is 0.199 e. The van der Waals surface area contributed by atoms with Crippen LogP contribution >= 0.6 is 15.9 Å². The van der Waals surface area contributed by atoms with Crippen molar-refractivity contribution in [2.24, 2.45) is 0 Å². The second-order valence-corrected chi connectivity index (χ2v) is 7.44. The van der Waals surface area contributed by atoms with E-state index in [1.165, 1.54) is 5.56 Å². The number of para-hydroxylation sites is 1. The minimum Gasteiger partial charge on any atom is -0.493 e. The Morgan fingerprint density at radius 2 is 2.00 bits per heavy atom. The van der Waals surface area contributed by atoms with Crippen molar-refractivity contribution < 1.29 is 9.47 Å². The van der Waals surface area contributed by atoms with E-state index >= 15 is 0 Å². The van der Waals surface area contributed by atoms with Gasteiger partial charge < -0.3 is 20.1 Å². The molecule has 1 aliphatic heterocycles. The van der Waals surface area contributed by atoms with Crippen molar-refractivity contribution in [3.63, 3.8) is 0 Å². The Bertz CT molecular complexity index is 980. The lowest BCUT2D eigenvalue weighted by Gasteiger charge is -2.15. The molecule has 2 N–H and O–H groups in total. The van der Waals surface area contributed by atoms with Gasteiger partial charge >= 0.3 is 0 Å². The molecule has 0 radical (unpaired) electrons. The number of nitrogens with zero attached hydrogens (tertiary/aromatic N) is 2. The van der Waals surface area contributed by atoms with Gasteiger partial charge in [0.2, 0.25) is 0 Å². The first-order valence-corrected chi connectivity index (χ1v) is 10.3. The number of hydrogen-bond donors (Lipinski definition) is 2. The smallest absolute Gasteiger partial charge is 0.199 e. The molecule has 2 aromatic carbocycles. The molecule has 6 nitrogen and oxygen atoms in total. The second kappa shape index (κ2) is 8.75. The molecule has 0 spiro atoms. The number of benzene rings is 2. The molecule has 1 aliphatic rings. The van der Waals surface area contributed by atoms with Crippen LogP contribution in [-0.4, -0.2) is 30.2 Å². The summed E-state index contributed by atoms with van der Waals surface area (Å²) in [5.41, 5.74) is 3.01. The molecule has 28 heavy (non-hydrogen) atoms. The molecule has 0 saturated carbocycles. The third kappa shape index (κ3) is 4.20. The Morgan fingerprint density at radius 3 is 2.89 bits per heavy atom. The molecule has 0 atom stereocenters. The Labute approximate surface area is 172 Å². The van der Waals surface area contributed by atoms with E-state index in [9.17, 15) is 0 Å². The number of hydrogen-bond acceptors (Lipinski definition) is 6. The molecule has 7 heteroatoms. The molecule has 0 amide bonds. The van der Waals surface area contributed by atoms with Gasteiger partial charge in [-0.1, -0.05) is 18.2 Å². The van der Waals surface area contributed by atoms with Crippen LogP contribution in [-0.2, 0) is 6.54 Å². The van der Waals surface area contributed by atoms with E-state index in [2.05, 4.69) is 54.7 Å². The van der Waals surface area contributed by atoms with Gasteiger partial charge in [-0.15, -0.1) is 0 Å². The summed E-state index contributed by atoms with van der Waals surface area (Å²) in [4.78, 5) is 9.10. The quantitative estimate of drug-likeness (QED) is 0.527. The summed E-state index contributed by atoms with van der Waals surface area (Å²) in [7, 11) is 1.65. The molecule has 4 rings (SSSR count). The Balaban J connectivity index is 1.83. The number of ether oxygens (including phenoxy) is 2. The number of halogens is 1. The van der Waals surface area contributed by atoms with E-state index in [0.29, 0.717) is 22.8 Å². The fraction of sp³-hybridized carbons (Fsp3) is 0.333. The van der Waals surface area contributed by atoms with Crippen molar-refractivity contribution in [1.29, 1.82) is 0 Å². The highest BCUT2D eigenvalue weighted by atomic mass is 79.9. The van der Waals surface area contributed by atoms with E-state index in [1.807, 2.05) is 18.2 Å². The van der Waals surface area contributed by atoms with Crippen LogP contribution in [0.4, 0.5) is 11.5 Å². The van der Waals surface area contributed by atoms with E-state index in [-0.39, 0.29) is 0 Å². The fourth-order valence-corrected chi connectivity index (χ4v) is 3.70. The number of anilines is 2. The summed E-state index contributed by atoms with van der Waals surface area (Å²) in [5, 5.41) is 7.90. The van der Waals surface area contributed by atoms with Crippen LogP contribution in [0.1, 0.15) is 24.8 Å². The topological polar surface area (TPSA) is 68.3 Å². The number of aromatic nitrogens is 2. The monoisotopic (exact) mass is 442 g/mol. The van der Waals surface area contributed by atoms with Crippen molar-refractivity contribution in [2.75, 3.05) is 25.6 Å². The van der Waals surface area contributed by atoms with Crippen molar-refractivity contribution in [1.82, 2.24) is 15.3 Å². The van der Waals surface area contributed by atoms with Gasteiger partial charge in [0.15, 0.2) is 16.2 Å². The summed E-state index contributed by atoms with van der Waals surface area (Å²) in [5.74, 6) is 2.12. The lowest BCUT2D eigenvalue weighted by atomic mass is 10.1. The van der Waals surface area contributed by atoms with Gasteiger partial charge in [0, 0.05) is 23.7 Å². The van der Waals surface area contributed by atoms with Crippen molar-refractivity contribution in [3.05, 3.63) is 46.7 Å². The van der Waals surface area contributed by atoms with Crippen LogP contribution < -0.4 is 20.1 Å². The summed E-state index contributed by atoms with van der Waals surface area (Å²) in [6.07, 6.45) is 3.24. The van der Waals surface area contributed by atoms with Crippen LogP contribution in [0.3, 0.4) is 0 Å². The number of nitrogens with one attached hydrogen (secondary N) is 2. The molecular weight excluding hydrogens is 420 g/mol. The highest BCUT2D eigenvalue weighted by Gasteiger charge is 2.14. The van der Waals surface area contributed by atoms with Gasteiger partial charge in [-0.2, -0.15) is 0 Å². The van der Waals surface area contributed by atoms with Gasteiger partial charge in [-0.25, -0.2) is 9.97 Å². The minimum absolute atomic E-state index is 0.520. The number of rotatable bonds is 1. The van der Waals surface area contributed by atoms with Crippen LogP contribution in [0.2, 0.25) is 0 Å². The van der Waals surface area contributed by atoms with Gasteiger partial charge in [0.25, 0.3) is 0 Å². The SMILES string of the molecule is COc1cc2nc(Br)nc3c2cc1OCCCCCNCc1ccccc1N3. The Morgan fingerprint density at radius 1 is 1.11 bits per heavy atom. The first-order chi connectivity index (χ1) is 13.7. The summed E-state index contributed by atoms with van der Waals surface area (Å²) < 4.78 is 12.1. The lowest BCUT2D eigenvalue weighted by molar-refractivity contribution is 0.285. The molecule has 0 unspecified atom stereocenters. The highest BCUT2D eigenvalue weighted by Crippen LogP contribution is 2.36. The van der Waals surface area contributed by atoms with E-state index in [4.69, 9.17) is 9.47 Å². The molecule has 146 valence electrons. The predicted octanol–water partition coefficient (Wildman–Crippen LogP) is 4.80. The van der Waals surface area contributed by atoms with Crippen LogP contribution in [0.15, 0.2) is 41.1 Å². The zero-order chi connectivity index (χ0) is 19.3. The molecule has 0 aliphatic carbocycles. The first-order valence-electron chi connectivity index (χ1n) is 9.48. The van der Waals surface area contributed by atoms with Gasteiger partial charge in [-0.3, -0.25) is 0 Å². The third-order valence-electron chi connectivity index (χ3n) is 4.80. The fourth-order valence-electron chi connectivity index (χ4n) is 3.33. The maximum atomic E-state index is 6.02. The zero-order valence-corrected chi connectivity index (χ0v) is 17.4. The van der Waals surface area contributed by atoms with Crippen LogP contribution in [0.25, 0.3) is 10.9 Å². The van der Waals surface area contributed by atoms with Gasteiger partial charge in [0.1, 0.15) is 5.82 Å². The van der Waals surface area contributed by atoms with E-state index < -0.39 is 0 Å². The highest BCUT2D eigenvalue weighted by molar-refractivity contribution is 9.10. The van der Waals surface area contributed by atoms with Crippen molar-refractivity contribution in [2.45, 2.75) is 25.8 Å². The van der Waals surface area contributed by atoms with E-state index in [0.717, 1.165) is 54.8 Å². The number of fused-ring (bicyclic) bond motifs is 2. The second-order valence-electron chi connectivity index (χ2n) is 6.73. The summed E-state index contributed by atoms with van der Waals surface area (Å²) >= 11 is 3.43. The van der Waals surface area contributed by atoms with Crippen LogP contribution in [0, 0.1) is 0 Å². The lowest BCUT2D eigenvalue weighted by Crippen LogP contribution is -2.15. The third-order valence-corrected chi connectivity index (χ3v) is 5.15. The molecule has 0 fully saturated rings. The molecule has 2 heterocycles. The van der Waals surface area contributed by atoms with Crippen LogP contribution in [0.5, 0.6) is 11.5 Å². The maximum absolute atomic E-state index is 6.02. The number of methoxy groups -OCH3 is 1. The Hall–Kier alpha value is -2.38. The average Bonchev–Trinajstić information content (AvgIpc) is 2.70. The van der Waals surface area contributed by atoms with Gasteiger partial charge in [-0.05, 0) is 59.4 Å². The summed E-state index contributed by atoms with van der Waals surface area (Å²) in [6.45, 7) is 2.44. The molecule has 0 saturated heterocycles. The predicted molar refractivity (Wildman–Crippen MR) is 115 cm³/mol. The molecule has 2 bridgehead atoms. The summed E-state index contributed by atoms with van der Waals surface area (Å²) in [6, 6.07) is 12.1. The van der Waals surface area contributed by atoms with E-state index in [1.54, 1.807) is 7.11 Å². The standard InChI is InChI=1S/C21H23BrN4O2/c1-27-18-12-17-15-11-19(18)28-10-6-2-5-9-23-13-14-7-3-4-8-16(14)24-20(15)26-21(22)25-17/h3-4,7-8,11-12,23H,2,5-6,9-10,13H2,1H3,(H,24,25,26). The molecule has 1 aromatic heterocycles. The van der Waals surface area contributed by atoms with Gasteiger partial charge in [0.05, 0.1) is 19.2 Å². The molecule has 3 aromatic rings. The normalized spacial score (nSPS) is 15.1. The Kier molecular flexibility index (Phi) is 5.92. The van der Waals surface area contributed by atoms with Crippen molar-refractivity contribution >= 4 is 38.3 Å². The molecular formula is C21H23BrN4O2. The largest absolute Gasteiger partial charge is 0.493 e. The first kappa shape index (κ1) is 19.0. The van der Waals surface area contributed by atoms with Crippen molar-refractivity contribution in [3.8, 4) is 11.5 Å².